The second-order valence-corrected chi connectivity index (χ2v) is 5.93. The van der Waals surface area contributed by atoms with Gasteiger partial charge in [0.25, 0.3) is 0 Å². The molecular formula is C15H12BrClFN3. The van der Waals surface area contributed by atoms with Crippen molar-refractivity contribution in [3.63, 3.8) is 0 Å². The van der Waals surface area contributed by atoms with Crippen LogP contribution in [0.15, 0.2) is 34.9 Å². The molecule has 0 spiro atoms. The van der Waals surface area contributed by atoms with E-state index in [4.69, 9.17) is 11.6 Å². The lowest BCUT2D eigenvalue weighted by molar-refractivity contribution is 0.619. The SMILES string of the molecule is Cc1cc(Br)c(F)cc1-n1c(CCCl)nc2cccnc21. The summed E-state index contributed by atoms with van der Waals surface area (Å²) in [5, 5.41) is 0. The summed E-state index contributed by atoms with van der Waals surface area (Å²) in [4.78, 5) is 8.93. The number of aromatic nitrogens is 3. The van der Waals surface area contributed by atoms with Crippen LogP contribution in [0.4, 0.5) is 4.39 Å². The zero-order valence-electron chi connectivity index (χ0n) is 11.3. The van der Waals surface area contributed by atoms with Crippen LogP contribution in [0.2, 0.25) is 0 Å². The van der Waals surface area contributed by atoms with Crippen molar-refractivity contribution in [2.24, 2.45) is 0 Å². The fourth-order valence-electron chi connectivity index (χ4n) is 2.34. The number of imidazole rings is 1. The number of aryl methyl sites for hydroxylation is 2. The molecule has 0 aliphatic heterocycles. The molecule has 0 bridgehead atoms. The summed E-state index contributed by atoms with van der Waals surface area (Å²) in [5.74, 6) is 0.912. The Labute approximate surface area is 134 Å². The minimum absolute atomic E-state index is 0.315. The molecule has 0 saturated heterocycles. The van der Waals surface area contributed by atoms with Gasteiger partial charge in [0.2, 0.25) is 0 Å². The van der Waals surface area contributed by atoms with Gasteiger partial charge < -0.3 is 0 Å². The van der Waals surface area contributed by atoms with Crippen molar-refractivity contribution in [2.45, 2.75) is 13.3 Å². The first-order valence-corrected chi connectivity index (χ1v) is 7.79. The molecule has 0 aliphatic carbocycles. The molecule has 0 aliphatic rings. The maximum absolute atomic E-state index is 13.9. The zero-order chi connectivity index (χ0) is 15.0. The normalized spacial score (nSPS) is 11.2. The highest BCUT2D eigenvalue weighted by Gasteiger charge is 2.16. The van der Waals surface area contributed by atoms with E-state index in [0.717, 1.165) is 22.6 Å². The van der Waals surface area contributed by atoms with E-state index in [1.165, 1.54) is 6.07 Å². The Kier molecular flexibility index (Phi) is 3.95. The standard InChI is InChI=1S/C15H12BrClFN3/c1-9-7-10(16)11(18)8-13(9)21-14(4-5-17)20-12-3-2-6-19-15(12)21/h2-3,6-8H,4-5H2,1H3. The van der Waals surface area contributed by atoms with Crippen molar-refractivity contribution >= 4 is 38.7 Å². The van der Waals surface area contributed by atoms with Crippen LogP contribution in [0.5, 0.6) is 0 Å². The summed E-state index contributed by atoms with van der Waals surface area (Å²) in [5.41, 5.74) is 3.16. The molecule has 0 amide bonds. The van der Waals surface area contributed by atoms with Gasteiger partial charge in [-0.2, -0.15) is 0 Å². The predicted octanol–water partition coefficient (Wildman–Crippen LogP) is 4.41. The van der Waals surface area contributed by atoms with Crippen LogP contribution in [-0.2, 0) is 6.42 Å². The van der Waals surface area contributed by atoms with E-state index in [1.54, 1.807) is 12.3 Å². The first-order chi connectivity index (χ1) is 10.1. The molecule has 0 unspecified atom stereocenters. The Morgan fingerprint density at radius 1 is 1.38 bits per heavy atom. The summed E-state index contributed by atoms with van der Waals surface area (Å²) in [6.07, 6.45) is 2.30. The second-order valence-electron chi connectivity index (χ2n) is 4.70. The Balaban J connectivity index is 2.32. The summed E-state index contributed by atoms with van der Waals surface area (Å²) in [7, 11) is 0. The van der Waals surface area contributed by atoms with Crippen LogP contribution in [0.25, 0.3) is 16.9 Å². The molecule has 0 radical (unpaired) electrons. The van der Waals surface area contributed by atoms with Crippen LogP contribution in [0, 0.1) is 12.7 Å². The Morgan fingerprint density at radius 2 is 2.19 bits per heavy atom. The van der Waals surface area contributed by atoms with E-state index in [0.29, 0.717) is 22.4 Å². The molecule has 0 N–H and O–H groups in total. The van der Waals surface area contributed by atoms with E-state index in [1.807, 2.05) is 23.6 Å². The van der Waals surface area contributed by atoms with Crippen LogP contribution < -0.4 is 0 Å². The molecule has 3 nitrogen and oxygen atoms in total. The van der Waals surface area contributed by atoms with Gasteiger partial charge in [0.15, 0.2) is 5.65 Å². The molecule has 2 aromatic heterocycles. The number of benzene rings is 1. The van der Waals surface area contributed by atoms with Gasteiger partial charge in [-0.1, -0.05) is 0 Å². The zero-order valence-corrected chi connectivity index (χ0v) is 13.6. The minimum Gasteiger partial charge on any atom is -0.280 e. The number of nitrogens with zero attached hydrogens (tertiary/aromatic N) is 3. The van der Waals surface area contributed by atoms with Crippen molar-refractivity contribution in [1.29, 1.82) is 0 Å². The van der Waals surface area contributed by atoms with Gasteiger partial charge in [0.05, 0.1) is 10.2 Å². The fourth-order valence-corrected chi connectivity index (χ4v) is 2.97. The van der Waals surface area contributed by atoms with Crippen molar-refractivity contribution in [1.82, 2.24) is 14.5 Å². The molecule has 108 valence electrons. The predicted molar refractivity (Wildman–Crippen MR) is 85.7 cm³/mol. The molecule has 0 atom stereocenters. The van der Waals surface area contributed by atoms with E-state index < -0.39 is 0 Å². The quantitative estimate of drug-likeness (QED) is 0.641. The van der Waals surface area contributed by atoms with Gasteiger partial charge in [0.1, 0.15) is 17.2 Å². The van der Waals surface area contributed by atoms with E-state index >= 15 is 0 Å². The lowest BCUT2D eigenvalue weighted by Crippen LogP contribution is -2.05. The highest BCUT2D eigenvalue weighted by molar-refractivity contribution is 9.10. The summed E-state index contributed by atoms with van der Waals surface area (Å²) >= 11 is 9.07. The molecule has 3 rings (SSSR count). The topological polar surface area (TPSA) is 30.7 Å². The van der Waals surface area contributed by atoms with Gasteiger partial charge in [-0.25, -0.2) is 14.4 Å². The van der Waals surface area contributed by atoms with Gasteiger partial charge in [-0.05, 0) is 52.7 Å². The van der Waals surface area contributed by atoms with Crippen molar-refractivity contribution in [3.8, 4) is 5.69 Å². The third kappa shape index (κ3) is 2.56. The smallest absolute Gasteiger partial charge is 0.164 e. The van der Waals surface area contributed by atoms with E-state index in [2.05, 4.69) is 25.9 Å². The molecule has 21 heavy (non-hydrogen) atoms. The van der Waals surface area contributed by atoms with Crippen LogP contribution in [-0.4, -0.2) is 20.4 Å². The molecule has 0 fully saturated rings. The molecule has 6 heteroatoms. The molecule has 1 aromatic carbocycles. The van der Waals surface area contributed by atoms with Crippen molar-refractivity contribution in [3.05, 3.63) is 52.1 Å². The van der Waals surface area contributed by atoms with Gasteiger partial charge >= 0.3 is 0 Å². The van der Waals surface area contributed by atoms with Crippen LogP contribution in [0.3, 0.4) is 0 Å². The highest BCUT2D eigenvalue weighted by atomic mass is 79.9. The lowest BCUT2D eigenvalue weighted by atomic mass is 10.2. The average Bonchev–Trinajstić information content (AvgIpc) is 2.81. The third-order valence-corrected chi connectivity index (χ3v) is 4.08. The second kappa shape index (κ2) is 5.73. The Hall–Kier alpha value is -1.46. The average molecular weight is 369 g/mol. The highest BCUT2D eigenvalue weighted by Crippen LogP contribution is 2.27. The largest absolute Gasteiger partial charge is 0.280 e. The van der Waals surface area contributed by atoms with Crippen molar-refractivity contribution in [2.75, 3.05) is 5.88 Å². The summed E-state index contributed by atoms with van der Waals surface area (Å²) < 4.78 is 16.3. The first-order valence-electron chi connectivity index (χ1n) is 6.46. The number of halogens is 3. The number of pyridine rings is 1. The van der Waals surface area contributed by atoms with Gasteiger partial charge in [-0.15, -0.1) is 11.6 Å². The molecule has 2 heterocycles. The minimum atomic E-state index is -0.315. The summed E-state index contributed by atoms with van der Waals surface area (Å²) in [6, 6.07) is 6.97. The monoisotopic (exact) mass is 367 g/mol. The number of hydrogen-bond acceptors (Lipinski definition) is 2. The maximum Gasteiger partial charge on any atom is 0.164 e. The Bertz CT molecular complexity index is 816. The maximum atomic E-state index is 13.9. The van der Waals surface area contributed by atoms with E-state index in [-0.39, 0.29) is 5.82 Å². The number of alkyl halides is 1. The number of fused-ring (bicyclic) bond motifs is 1. The van der Waals surface area contributed by atoms with Crippen molar-refractivity contribution < 1.29 is 4.39 Å². The first kappa shape index (κ1) is 14.5. The third-order valence-electron chi connectivity index (χ3n) is 3.28. The van der Waals surface area contributed by atoms with Crippen LogP contribution >= 0.6 is 27.5 Å². The summed E-state index contributed by atoms with van der Waals surface area (Å²) in [6.45, 7) is 1.93. The molecular weight excluding hydrogens is 357 g/mol. The number of rotatable bonds is 3. The molecule has 0 saturated carbocycles. The molecule has 3 aromatic rings. The lowest BCUT2D eigenvalue weighted by Gasteiger charge is -2.12. The van der Waals surface area contributed by atoms with Crippen LogP contribution in [0.1, 0.15) is 11.4 Å². The van der Waals surface area contributed by atoms with Gasteiger partial charge in [-0.3, -0.25) is 4.57 Å². The number of hydrogen-bond donors (Lipinski definition) is 0. The van der Waals surface area contributed by atoms with Gasteiger partial charge in [0, 0.05) is 18.5 Å². The Morgan fingerprint density at radius 3 is 2.95 bits per heavy atom. The van der Waals surface area contributed by atoms with E-state index in [9.17, 15) is 4.39 Å². The fraction of sp³-hybridized carbons (Fsp3) is 0.200.